The lowest BCUT2D eigenvalue weighted by molar-refractivity contribution is -0.124. The van der Waals surface area contributed by atoms with Gasteiger partial charge in [-0.3, -0.25) is 14.4 Å². The maximum atomic E-state index is 13.0. The largest absolute Gasteiger partial charge is 0.496 e. The maximum Gasteiger partial charge on any atom is 0.270 e. The number of methoxy groups -OCH3 is 2. The van der Waals surface area contributed by atoms with Crippen LogP contribution in [0.2, 0.25) is 0 Å². The SMILES string of the molecule is COc1cc(OC)nc(C(=O)NCCC2CC(=O)C(c3c(C)cc(C)cc3C)C2=O)c1. The highest BCUT2D eigenvalue weighted by molar-refractivity contribution is 6.15. The van der Waals surface area contributed by atoms with Crippen LogP contribution in [0.3, 0.4) is 0 Å². The summed E-state index contributed by atoms with van der Waals surface area (Å²) in [5.74, 6) is -0.869. The molecule has 0 radical (unpaired) electrons. The second-order valence-electron chi connectivity index (χ2n) is 7.99. The zero-order chi connectivity index (χ0) is 22.7. The van der Waals surface area contributed by atoms with Crippen molar-refractivity contribution in [3.63, 3.8) is 0 Å². The van der Waals surface area contributed by atoms with Crippen molar-refractivity contribution in [3.8, 4) is 11.6 Å². The van der Waals surface area contributed by atoms with E-state index in [1.165, 1.54) is 20.3 Å². The van der Waals surface area contributed by atoms with E-state index >= 15 is 0 Å². The number of nitrogens with zero attached hydrogens (tertiary/aromatic N) is 1. The lowest BCUT2D eigenvalue weighted by Gasteiger charge is -2.16. The number of rotatable bonds is 7. The molecule has 0 saturated heterocycles. The van der Waals surface area contributed by atoms with Crippen molar-refractivity contribution in [3.05, 3.63) is 52.2 Å². The summed E-state index contributed by atoms with van der Waals surface area (Å²) in [5.41, 5.74) is 4.04. The number of carbonyl (C=O) groups excluding carboxylic acids is 3. The molecule has 0 spiro atoms. The monoisotopic (exact) mass is 424 g/mol. The van der Waals surface area contributed by atoms with Gasteiger partial charge in [-0.1, -0.05) is 17.7 Å². The number of carbonyl (C=O) groups is 3. The molecule has 1 heterocycles. The standard InChI is InChI=1S/C24H28N2O5/c1-13-8-14(2)21(15(3)9-13)22-19(27)10-16(23(22)28)6-7-25-24(29)18-11-17(30-4)12-20(26-18)31-5/h8-9,11-12,16,22H,6-7,10H2,1-5H3,(H,25,29). The second kappa shape index (κ2) is 9.29. The van der Waals surface area contributed by atoms with E-state index < -0.39 is 17.7 Å². The van der Waals surface area contributed by atoms with Gasteiger partial charge >= 0.3 is 0 Å². The number of pyridine rings is 1. The van der Waals surface area contributed by atoms with Crippen LogP contribution in [0.15, 0.2) is 24.3 Å². The van der Waals surface area contributed by atoms with Crippen LogP contribution in [0.25, 0.3) is 0 Å². The first-order valence-electron chi connectivity index (χ1n) is 10.3. The molecule has 1 aromatic carbocycles. The van der Waals surface area contributed by atoms with Crippen LogP contribution in [0.1, 0.15) is 51.5 Å². The molecule has 2 atom stereocenters. The average Bonchev–Trinajstić information content (AvgIpc) is 3.00. The van der Waals surface area contributed by atoms with Gasteiger partial charge in [0.2, 0.25) is 5.88 Å². The fourth-order valence-corrected chi connectivity index (χ4v) is 4.32. The molecule has 31 heavy (non-hydrogen) atoms. The third-order valence-electron chi connectivity index (χ3n) is 5.71. The number of hydrogen-bond acceptors (Lipinski definition) is 6. The Morgan fingerprint density at radius 1 is 1.06 bits per heavy atom. The van der Waals surface area contributed by atoms with Crippen molar-refractivity contribution in [1.82, 2.24) is 10.3 Å². The summed E-state index contributed by atoms with van der Waals surface area (Å²) in [6.45, 7) is 6.15. The van der Waals surface area contributed by atoms with E-state index in [1.54, 1.807) is 6.07 Å². The predicted octanol–water partition coefficient (Wildman–Crippen LogP) is 3.09. The first kappa shape index (κ1) is 22.5. The molecule has 164 valence electrons. The summed E-state index contributed by atoms with van der Waals surface area (Å²) in [5, 5.41) is 2.77. The number of aryl methyl sites for hydroxylation is 3. The minimum Gasteiger partial charge on any atom is -0.496 e. The van der Waals surface area contributed by atoms with Crippen molar-refractivity contribution in [2.75, 3.05) is 20.8 Å². The lowest BCUT2D eigenvalue weighted by atomic mass is 9.86. The first-order chi connectivity index (χ1) is 14.7. The van der Waals surface area contributed by atoms with Crippen LogP contribution in [0.5, 0.6) is 11.6 Å². The van der Waals surface area contributed by atoms with E-state index in [4.69, 9.17) is 9.47 Å². The normalized spacial score (nSPS) is 18.2. The van der Waals surface area contributed by atoms with Crippen LogP contribution in [-0.4, -0.2) is 43.2 Å². The fraction of sp³-hybridized carbons (Fsp3) is 0.417. The molecule has 7 heteroatoms. The Bertz CT molecular complexity index is 985. The zero-order valence-corrected chi connectivity index (χ0v) is 18.6. The number of amides is 1. The Morgan fingerprint density at radius 2 is 1.74 bits per heavy atom. The molecule has 0 bridgehead atoms. The Hall–Kier alpha value is -3.22. The number of ether oxygens (including phenoxy) is 2. The van der Waals surface area contributed by atoms with Gasteiger partial charge in [-0.05, 0) is 43.9 Å². The Labute approximate surface area is 182 Å². The van der Waals surface area contributed by atoms with E-state index in [0.717, 1.165) is 22.3 Å². The molecular weight excluding hydrogens is 396 g/mol. The van der Waals surface area contributed by atoms with Gasteiger partial charge in [0.05, 0.1) is 14.2 Å². The average molecular weight is 424 g/mol. The van der Waals surface area contributed by atoms with Gasteiger partial charge in [-0.2, -0.15) is 0 Å². The number of nitrogens with one attached hydrogen (secondary N) is 1. The van der Waals surface area contributed by atoms with Crippen molar-refractivity contribution in [2.24, 2.45) is 5.92 Å². The summed E-state index contributed by atoms with van der Waals surface area (Å²) < 4.78 is 10.2. The van der Waals surface area contributed by atoms with Crippen LogP contribution >= 0.6 is 0 Å². The smallest absolute Gasteiger partial charge is 0.270 e. The highest BCUT2D eigenvalue weighted by Gasteiger charge is 2.42. The summed E-state index contributed by atoms with van der Waals surface area (Å²) in [6, 6.07) is 7.10. The highest BCUT2D eigenvalue weighted by atomic mass is 16.5. The van der Waals surface area contributed by atoms with Crippen LogP contribution in [0, 0.1) is 26.7 Å². The quantitative estimate of drug-likeness (QED) is 0.687. The molecule has 1 saturated carbocycles. The molecule has 3 rings (SSSR count). The van der Waals surface area contributed by atoms with Gasteiger partial charge in [0.25, 0.3) is 5.91 Å². The highest BCUT2D eigenvalue weighted by Crippen LogP contribution is 2.37. The third kappa shape index (κ3) is 4.76. The number of ketones is 2. The number of aromatic nitrogens is 1. The second-order valence-corrected chi connectivity index (χ2v) is 7.99. The molecule has 1 aromatic heterocycles. The van der Waals surface area contributed by atoms with Gasteiger partial charge in [0.1, 0.15) is 23.1 Å². The van der Waals surface area contributed by atoms with Gasteiger partial charge < -0.3 is 14.8 Å². The Kier molecular flexibility index (Phi) is 6.73. The van der Waals surface area contributed by atoms with E-state index in [2.05, 4.69) is 10.3 Å². The number of benzene rings is 1. The van der Waals surface area contributed by atoms with E-state index in [0.29, 0.717) is 12.2 Å². The maximum absolute atomic E-state index is 13.0. The Morgan fingerprint density at radius 3 is 2.35 bits per heavy atom. The minimum atomic E-state index is -0.703. The summed E-state index contributed by atoms with van der Waals surface area (Å²) >= 11 is 0. The number of Topliss-reactive ketones (excluding diaryl/α,β-unsaturated/α-hetero) is 2. The molecule has 1 aliphatic rings. The van der Waals surface area contributed by atoms with Crippen LogP contribution in [-0.2, 0) is 9.59 Å². The van der Waals surface area contributed by atoms with Crippen molar-refractivity contribution < 1.29 is 23.9 Å². The predicted molar refractivity (Wildman–Crippen MR) is 116 cm³/mol. The van der Waals surface area contributed by atoms with Crippen molar-refractivity contribution in [1.29, 1.82) is 0 Å². The Balaban J connectivity index is 1.65. The molecule has 1 fully saturated rings. The fourth-order valence-electron chi connectivity index (χ4n) is 4.32. The van der Waals surface area contributed by atoms with Crippen molar-refractivity contribution >= 4 is 17.5 Å². The molecule has 1 amide bonds. The van der Waals surface area contributed by atoms with Gasteiger partial charge in [-0.25, -0.2) is 4.98 Å². The minimum absolute atomic E-state index is 0.0458. The van der Waals surface area contributed by atoms with Crippen LogP contribution < -0.4 is 14.8 Å². The summed E-state index contributed by atoms with van der Waals surface area (Å²) in [4.78, 5) is 42.3. The lowest BCUT2D eigenvalue weighted by Crippen LogP contribution is -2.28. The van der Waals surface area contributed by atoms with E-state index in [9.17, 15) is 14.4 Å². The first-order valence-corrected chi connectivity index (χ1v) is 10.3. The van der Waals surface area contributed by atoms with E-state index in [-0.39, 0.29) is 36.1 Å². The number of hydrogen-bond donors (Lipinski definition) is 1. The molecular formula is C24H28N2O5. The molecule has 0 aliphatic heterocycles. The van der Waals surface area contributed by atoms with Crippen molar-refractivity contribution in [2.45, 2.75) is 39.5 Å². The molecule has 2 aromatic rings. The third-order valence-corrected chi connectivity index (χ3v) is 5.71. The molecule has 7 nitrogen and oxygen atoms in total. The van der Waals surface area contributed by atoms with E-state index in [1.807, 2.05) is 32.9 Å². The van der Waals surface area contributed by atoms with Gasteiger partial charge in [-0.15, -0.1) is 0 Å². The molecule has 1 aliphatic carbocycles. The topological polar surface area (TPSA) is 94.6 Å². The zero-order valence-electron chi connectivity index (χ0n) is 18.6. The summed E-state index contributed by atoms with van der Waals surface area (Å²) in [6.07, 6.45) is 0.606. The molecule has 2 unspecified atom stereocenters. The van der Waals surface area contributed by atoms with Gasteiger partial charge in [0, 0.05) is 31.0 Å². The molecule has 1 N–H and O–H groups in total. The summed E-state index contributed by atoms with van der Waals surface area (Å²) in [7, 11) is 2.95. The van der Waals surface area contributed by atoms with Crippen LogP contribution in [0.4, 0.5) is 0 Å². The van der Waals surface area contributed by atoms with Gasteiger partial charge in [0.15, 0.2) is 5.78 Å².